The molecule has 20 heavy (non-hydrogen) atoms. The van der Waals surface area contributed by atoms with Crippen molar-refractivity contribution in [2.75, 3.05) is 12.3 Å². The molecule has 3 N–H and O–H groups in total. The van der Waals surface area contributed by atoms with Gasteiger partial charge in [0.25, 0.3) is 0 Å². The molecule has 0 saturated carbocycles. The van der Waals surface area contributed by atoms with Crippen LogP contribution in [0.1, 0.15) is 11.1 Å². The van der Waals surface area contributed by atoms with Crippen LogP contribution in [0.15, 0.2) is 60.2 Å². The molecule has 0 aliphatic heterocycles. The summed E-state index contributed by atoms with van der Waals surface area (Å²) in [5.41, 5.74) is 9.42. The van der Waals surface area contributed by atoms with Crippen LogP contribution in [0, 0.1) is 11.3 Å². The monoisotopic (exact) mass is 263 g/mol. The number of benzene rings is 2. The summed E-state index contributed by atoms with van der Waals surface area (Å²) in [6.45, 7) is 1.18. The van der Waals surface area contributed by atoms with Crippen LogP contribution in [0.3, 0.4) is 0 Å². The van der Waals surface area contributed by atoms with E-state index in [4.69, 9.17) is 11.0 Å². The van der Waals surface area contributed by atoms with Crippen LogP contribution in [0.25, 0.3) is 6.08 Å². The minimum atomic E-state index is 0.528. The van der Waals surface area contributed by atoms with Gasteiger partial charge in [-0.2, -0.15) is 5.26 Å². The van der Waals surface area contributed by atoms with E-state index in [1.54, 1.807) is 0 Å². The van der Waals surface area contributed by atoms with E-state index in [2.05, 4.69) is 11.4 Å². The number of nitrogens with two attached hydrogens (primary N) is 1. The quantitative estimate of drug-likeness (QED) is 0.644. The van der Waals surface area contributed by atoms with Crippen molar-refractivity contribution in [2.45, 2.75) is 6.54 Å². The van der Waals surface area contributed by atoms with E-state index in [0.29, 0.717) is 18.7 Å². The fraction of sp³-hybridized carbons (Fsp3) is 0.118. The minimum absolute atomic E-state index is 0.528. The number of nitrogen functional groups attached to an aromatic ring is 1. The fourth-order valence-corrected chi connectivity index (χ4v) is 1.90. The first-order valence-electron chi connectivity index (χ1n) is 6.49. The molecule has 0 atom stereocenters. The molecule has 0 bridgehead atoms. The first kappa shape index (κ1) is 13.9. The Morgan fingerprint density at radius 1 is 1.10 bits per heavy atom. The van der Waals surface area contributed by atoms with Gasteiger partial charge in [0.05, 0.1) is 6.07 Å². The van der Waals surface area contributed by atoms with Crippen molar-refractivity contribution in [3.8, 4) is 6.07 Å². The minimum Gasteiger partial charge on any atom is -0.398 e. The van der Waals surface area contributed by atoms with Gasteiger partial charge in [0.15, 0.2) is 0 Å². The van der Waals surface area contributed by atoms with Gasteiger partial charge in [0.1, 0.15) is 0 Å². The maximum atomic E-state index is 9.16. The normalized spacial score (nSPS) is 11.1. The van der Waals surface area contributed by atoms with Gasteiger partial charge in [0.2, 0.25) is 0 Å². The van der Waals surface area contributed by atoms with Crippen molar-refractivity contribution in [2.24, 2.45) is 0 Å². The van der Waals surface area contributed by atoms with Crippen LogP contribution < -0.4 is 11.1 Å². The van der Waals surface area contributed by atoms with Gasteiger partial charge < -0.3 is 11.1 Å². The van der Waals surface area contributed by atoms with Gasteiger partial charge in [-0.25, -0.2) is 0 Å². The van der Waals surface area contributed by atoms with E-state index < -0.39 is 0 Å². The molecular weight excluding hydrogens is 246 g/mol. The zero-order valence-electron chi connectivity index (χ0n) is 11.2. The lowest BCUT2D eigenvalue weighted by Crippen LogP contribution is -2.16. The summed E-state index contributed by atoms with van der Waals surface area (Å²) in [5, 5.41) is 12.4. The molecule has 0 aliphatic rings. The summed E-state index contributed by atoms with van der Waals surface area (Å²) in [7, 11) is 0. The van der Waals surface area contributed by atoms with Crippen LogP contribution in [0.4, 0.5) is 5.69 Å². The molecule has 3 heteroatoms. The van der Waals surface area contributed by atoms with Crippen molar-refractivity contribution in [3.63, 3.8) is 0 Å². The number of anilines is 1. The predicted octanol–water partition coefficient (Wildman–Crippen LogP) is 2.97. The second-order valence-electron chi connectivity index (χ2n) is 4.49. The molecule has 2 aromatic carbocycles. The summed E-state index contributed by atoms with van der Waals surface area (Å²) in [5.74, 6) is 0. The van der Waals surface area contributed by atoms with Crippen molar-refractivity contribution in [1.29, 1.82) is 5.26 Å². The molecule has 0 unspecified atom stereocenters. The van der Waals surface area contributed by atoms with Crippen LogP contribution in [0.5, 0.6) is 0 Å². The Kier molecular flexibility index (Phi) is 4.94. The number of para-hydroxylation sites is 1. The molecule has 0 amide bonds. The summed E-state index contributed by atoms with van der Waals surface area (Å²) in [6.07, 6.45) is 1.89. The van der Waals surface area contributed by atoms with Crippen molar-refractivity contribution >= 4 is 11.8 Å². The third-order valence-electron chi connectivity index (χ3n) is 2.97. The topological polar surface area (TPSA) is 61.8 Å². The Morgan fingerprint density at radius 2 is 1.80 bits per heavy atom. The average molecular weight is 263 g/mol. The number of rotatable bonds is 5. The Balaban J connectivity index is 1.94. The zero-order valence-corrected chi connectivity index (χ0v) is 11.2. The van der Waals surface area contributed by atoms with E-state index in [1.807, 2.05) is 60.7 Å². The third-order valence-corrected chi connectivity index (χ3v) is 2.97. The van der Waals surface area contributed by atoms with Gasteiger partial charge in [-0.05, 0) is 23.3 Å². The Morgan fingerprint density at radius 3 is 2.50 bits per heavy atom. The van der Waals surface area contributed by atoms with Gasteiger partial charge in [-0.3, -0.25) is 0 Å². The number of nitrogens with zero attached hydrogens (tertiary/aromatic N) is 1. The molecular formula is C17H17N3. The smallest absolute Gasteiger partial charge is 0.0961 e. The largest absolute Gasteiger partial charge is 0.398 e. The van der Waals surface area contributed by atoms with Crippen LogP contribution in [0.2, 0.25) is 0 Å². The molecule has 0 radical (unpaired) electrons. The number of hydrogen-bond donors (Lipinski definition) is 2. The van der Waals surface area contributed by atoms with E-state index in [1.165, 1.54) is 0 Å². The zero-order chi connectivity index (χ0) is 14.2. The number of nitrogens with one attached hydrogen (secondary N) is 1. The molecule has 0 spiro atoms. The standard InChI is InChI=1S/C17H17N3/c18-11-15(10-14-6-2-1-3-7-14)12-20-13-16-8-4-5-9-17(16)19/h1-10,20H,12-13,19H2/b15-10+. The second-order valence-corrected chi connectivity index (χ2v) is 4.49. The highest BCUT2D eigenvalue weighted by atomic mass is 14.9. The van der Waals surface area contributed by atoms with Crippen LogP contribution in [-0.2, 0) is 6.54 Å². The molecule has 2 rings (SSSR count). The summed E-state index contributed by atoms with van der Waals surface area (Å²) >= 11 is 0. The first-order valence-corrected chi connectivity index (χ1v) is 6.49. The van der Waals surface area contributed by atoms with Gasteiger partial charge in [-0.15, -0.1) is 0 Å². The van der Waals surface area contributed by atoms with Crippen LogP contribution >= 0.6 is 0 Å². The Labute approximate surface area is 119 Å². The summed E-state index contributed by atoms with van der Waals surface area (Å²) < 4.78 is 0. The van der Waals surface area contributed by atoms with Crippen molar-refractivity contribution < 1.29 is 0 Å². The molecule has 0 aromatic heterocycles. The molecule has 3 nitrogen and oxygen atoms in total. The lowest BCUT2D eigenvalue weighted by atomic mass is 10.1. The second kappa shape index (κ2) is 7.13. The first-order chi connectivity index (χ1) is 9.79. The maximum Gasteiger partial charge on any atom is 0.0961 e. The number of nitriles is 1. The predicted molar refractivity (Wildman–Crippen MR) is 82.6 cm³/mol. The lowest BCUT2D eigenvalue weighted by molar-refractivity contribution is 0.752. The Hall–Kier alpha value is -2.57. The molecule has 2 aromatic rings. The number of hydrogen-bond acceptors (Lipinski definition) is 3. The van der Waals surface area contributed by atoms with Gasteiger partial charge in [0, 0.05) is 24.4 Å². The summed E-state index contributed by atoms with van der Waals surface area (Å²) in [4.78, 5) is 0. The highest BCUT2D eigenvalue weighted by Gasteiger charge is 1.99. The molecule has 0 heterocycles. The van der Waals surface area contributed by atoms with Crippen molar-refractivity contribution in [1.82, 2.24) is 5.32 Å². The van der Waals surface area contributed by atoms with Gasteiger partial charge >= 0.3 is 0 Å². The Bertz CT molecular complexity index is 624. The van der Waals surface area contributed by atoms with Crippen LogP contribution in [-0.4, -0.2) is 6.54 Å². The molecule has 0 fully saturated rings. The summed E-state index contributed by atoms with van der Waals surface area (Å²) in [6, 6.07) is 19.8. The average Bonchev–Trinajstić information content (AvgIpc) is 2.49. The SMILES string of the molecule is N#C/C(=C\c1ccccc1)CNCc1ccccc1N. The lowest BCUT2D eigenvalue weighted by Gasteiger charge is -2.06. The van der Waals surface area contributed by atoms with E-state index in [9.17, 15) is 0 Å². The molecule has 100 valence electrons. The van der Waals surface area contributed by atoms with Gasteiger partial charge in [-0.1, -0.05) is 48.5 Å². The molecule has 0 saturated heterocycles. The van der Waals surface area contributed by atoms with E-state index in [0.717, 1.165) is 16.8 Å². The van der Waals surface area contributed by atoms with E-state index >= 15 is 0 Å². The van der Waals surface area contributed by atoms with E-state index in [-0.39, 0.29) is 0 Å². The highest BCUT2D eigenvalue weighted by Crippen LogP contribution is 2.10. The maximum absolute atomic E-state index is 9.16. The van der Waals surface area contributed by atoms with Crippen molar-refractivity contribution in [3.05, 3.63) is 71.3 Å². The fourth-order valence-electron chi connectivity index (χ4n) is 1.90. The molecule has 0 aliphatic carbocycles. The highest BCUT2D eigenvalue weighted by molar-refractivity contribution is 5.57. The third kappa shape index (κ3) is 3.98.